The Balaban J connectivity index is 1.75. The van der Waals surface area contributed by atoms with E-state index in [0.717, 1.165) is 5.56 Å². The molecule has 0 atom stereocenters. The number of nitrogens with one attached hydrogen (secondary N) is 1. The maximum absolute atomic E-state index is 12.2. The molecule has 0 fully saturated rings. The molecule has 0 bridgehead atoms. The largest absolute Gasteiger partial charge is 0.457 e. The molecular formula is C21H13N3O2. The van der Waals surface area contributed by atoms with Gasteiger partial charge in [0.2, 0.25) is 0 Å². The second-order valence-corrected chi connectivity index (χ2v) is 5.67. The lowest BCUT2D eigenvalue weighted by molar-refractivity contribution is 0.572. The average molecular weight is 339 g/mol. The third-order valence-electron chi connectivity index (χ3n) is 3.96. The van der Waals surface area contributed by atoms with Crippen molar-refractivity contribution in [2.75, 3.05) is 0 Å². The molecule has 0 saturated heterocycles. The minimum Gasteiger partial charge on any atom is -0.457 e. The molecule has 0 aliphatic rings. The van der Waals surface area contributed by atoms with Crippen LogP contribution in [-0.2, 0) is 0 Å². The monoisotopic (exact) mass is 339 g/mol. The number of furan rings is 1. The summed E-state index contributed by atoms with van der Waals surface area (Å²) in [6, 6.07) is 22.4. The van der Waals surface area contributed by atoms with Crippen molar-refractivity contribution in [1.82, 2.24) is 9.97 Å². The Labute approximate surface area is 148 Å². The molecule has 0 saturated carbocycles. The van der Waals surface area contributed by atoms with Crippen LogP contribution in [0.1, 0.15) is 11.6 Å². The minimum atomic E-state index is -0.281. The Kier molecular flexibility index (Phi) is 3.92. The fraction of sp³-hybridized carbons (Fsp3) is 0. The van der Waals surface area contributed by atoms with Gasteiger partial charge in [-0.05, 0) is 24.3 Å². The summed E-state index contributed by atoms with van der Waals surface area (Å²) in [6.07, 6.45) is 1.57. The summed E-state index contributed by atoms with van der Waals surface area (Å²) in [5.41, 5.74) is 1.43. The van der Waals surface area contributed by atoms with Gasteiger partial charge in [0.05, 0.1) is 16.5 Å². The zero-order valence-corrected chi connectivity index (χ0v) is 13.6. The lowest BCUT2D eigenvalue weighted by atomic mass is 10.2. The van der Waals surface area contributed by atoms with Crippen LogP contribution in [0.4, 0.5) is 0 Å². The number of allylic oxidation sites excluding steroid dienone is 1. The maximum Gasteiger partial charge on any atom is 0.259 e. The first-order valence-electron chi connectivity index (χ1n) is 8.01. The SMILES string of the molecule is N#C/C(=C\c1ccc(-c2ccccc2)o1)c1nc2ccccc2c(=O)[nH]1. The molecule has 0 aliphatic carbocycles. The van der Waals surface area contributed by atoms with Crippen molar-refractivity contribution in [3.8, 4) is 17.4 Å². The van der Waals surface area contributed by atoms with Crippen LogP contribution >= 0.6 is 0 Å². The summed E-state index contributed by atoms with van der Waals surface area (Å²) >= 11 is 0. The van der Waals surface area contributed by atoms with Crippen molar-refractivity contribution in [2.45, 2.75) is 0 Å². The van der Waals surface area contributed by atoms with E-state index in [1.54, 1.807) is 36.4 Å². The van der Waals surface area contributed by atoms with Gasteiger partial charge in [-0.25, -0.2) is 4.98 Å². The highest BCUT2D eigenvalue weighted by atomic mass is 16.3. The highest BCUT2D eigenvalue weighted by Crippen LogP contribution is 2.24. The van der Waals surface area contributed by atoms with Crippen LogP contribution in [0.25, 0.3) is 33.9 Å². The van der Waals surface area contributed by atoms with Gasteiger partial charge >= 0.3 is 0 Å². The van der Waals surface area contributed by atoms with Crippen LogP contribution < -0.4 is 5.56 Å². The van der Waals surface area contributed by atoms with Gasteiger partial charge in [0.15, 0.2) is 5.82 Å². The van der Waals surface area contributed by atoms with E-state index in [1.165, 1.54) is 0 Å². The summed E-state index contributed by atoms with van der Waals surface area (Å²) in [5.74, 6) is 1.43. The molecule has 0 amide bonds. The Morgan fingerprint density at radius 1 is 1.04 bits per heavy atom. The summed E-state index contributed by atoms with van der Waals surface area (Å²) < 4.78 is 5.79. The van der Waals surface area contributed by atoms with Gasteiger partial charge in [0.25, 0.3) is 5.56 Å². The number of rotatable bonds is 3. The standard InChI is InChI=1S/C21H13N3O2/c22-13-15(20-23-18-9-5-4-8-17(18)21(25)24-20)12-16-10-11-19(26-16)14-6-2-1-3-7-14/h1-12H,(H,23,24,25)/b15-12+. The van der Waals surface area contributed by atoms with Crippen molar-refractivity contribution >= 4 is 22.6 Å². The number of aromatic nitrogens is 2. The first-order chi connectivity index (χ1) is 12.7. The molecule has 2 heterocycles. The molecule has 0 spiro atoms. The van der Waals surface area contributed by atoms with Crippen LogP contribution in [0, 0.1) is 11.3 Å². The van der Waals surface area contributed by atoms with Crippen LogP contribution in [0.3, 0.4) is 0 Å². The Hall–Kier alpha value is -3.91. The van der Waals surface area contributed by atoms with E-state index < -0.39 is 0 Å². The number of nitrogens with zero attached hydrogens (tertiary/aromatic N) is 2. The molecule has 0 unspecified atom stereocenters. The van der Waals surface area contributed by atoms with Crippen molar-refractivity contribution < 1.29 is 4.42 Å². The quantitative estimate of drug-likeness (QED) is 0.566. The van der Waals surface area contributed by atoms with E-state index in [2.05, 4.69) is 16.0 Å². The fourth-order valence-electron chi connectivity index (χ4n) is 2.70. The zero-order valence-electron chi connectivity index (χ0n) is 13.6. The minimum absolute atomic E-state index is 0.217. The number of fused-ring (bicyclic) bond motifs is 1. The molecule has 5 heteroatoms. The van der Waals surface area contributed by atoms with Crippen molar-refractivity contribution in [2.24, 2.45) is 0 Å². The molecule has 2 aromatic carbocycles. The molecule has 0 radical (unpaired) electrons. The molecule has 1 N–H and O–H groups in total. The maximum atomic E-state index is 12.2. The smallest absolute Gasteiger partial charge is 0.259 e. The molecule has 26 heavy (non-hydrogen) atoms. The first kappa shape index (κ1) is 15.6. The summed E-state index contributed by atoms with van der Waals surface area (Å²) in [4.78, 5) is 19.2. The van der Waals surface area contributed by atoms with E-state index in [4.69, 9.17) is 4.42 Å². The normalized spacial score (nSPS) is 11.4. The molecule has 0 aliphatic heterocycles. The first-order valence-corrected chi connectivity index (χ1v) is 8.01. The summed E-state index contributed by atoms with van der Waals surface area (Å²) in [6.45, 7) is 0. The van der Waals surface area contributed by atoms with Gasteiger partial charge in [0.1, 0.15) is 17.6 Å². The highest BCUT2D eigenvalue weighted by molar-refractivity contribution is 5.88. The predicted molar refractivity (Wildman–Crippen MR) is 100.0 cm³/mol. The molecule has 4 rings (SSSR count). The topological polar surface area (TPSA) is 82.7 Å². The molecular weight excluding hydrogens is 326 g/mol. The van der Waals surface area contributed by atoms with E-state index in [1.807, 2.05) is 36.4 Å². The second kappa shape index (κ2) is 6.54. The third kappa shape index (κ3) is 2.92. The van der Waals surface area contributed by atoms with Crippen LogP contribution in [0.2, 0.25) is 0 Å². The number of hydrogen-bond acceptors (Lipinski definition) is 4. The van der Waals surface area contributed by atoms with E-state index in [0.29, 0.717) is 22.4 Å². The van der Waals surface area contributed by atoms with Gasteiger partial charge < -0.3 is 9.40 Å². The Morgan fingerprint density at radius 2 is 1.81 bits per heavy atom. The van der Waals surface area contributed by atoms with Crippen molar-refractivity contribution in [1.29, 1.82) is 5.26 Å². The number of nitriles is 1. The van der Waals surface area contributed by atoms with E-state index in [9.17, 15) is 10.1 Å². The number of hydrogen-bond donors (Lipinski definition) is 1. The van der Waals surface area contributed by atoms with Gasteiger partial charge in [-0.2, -0.15) is 5.26 Å². The van der Waals surface area contributed by atoms with Gasteiger partial charge in [-0.15, -0.1) is 0 Å². The fourth-order valence-corrected chi connectivity index (χ4v) is 2.70. The number of para-hydroxylation sites is 1. The number of benzene rings is 2. The molecule has 2 aromatic heterocycles. The average Bonchev–Trinajstić information content (AvgIpc) is 3.15. The second-order valence-electron chi connectivity index (χ2n) is 5.67. The van der Waals surface area contributed by atoms with E-state index >= 15 is 0 Å². The van der Waals surface area contributed by atoms with Crippen molar-refractivity contribution in [3.05, 3.63) is 88.7 Å². The van der Waals surface area contributed by atoms with Crippen LogP contribution in [0.5, 0.6) is 0 Å². The highest BCUT2D eigenvalue weighted by Gasteiger charge is 2.10. The molecule has 4 aromatic rings. The van der Waals surface area contributed by atoms with Gasteiger partial charge in [-0.3, -0.25) is 4.79 Å². The number of H-pyrrole nitrogens is 1. The Morgan fingerprint density at radius 3 is 2.62 bits per heavy atom. The lowest BCUT2D eigenvalue weighted by Gasteiger charge is -2.01. The molecule has 5 nitrogen and oxygen atoms in total. The van der Waals surface area contributed by atoms with Crippen molar-refractivity contribution in [3.63, 3.8) is 0 Å². The number of aromatic amines is 1. The predicted octanol–water partition coefficient (Wildman–Crippen LogP) is 4.25. The summed E-state index contributed by atoms with van der Waals surface area (Å²) in [7, 11) is 0. The third-order valence-corrected chi connectivity index (χ3v) is 3.96. The Bertz CT molecular complexity index is 1210. The zero-order chi connectivity index (χ0) is 17.9. The van der Waals surface area contributed by atoms with Crippen LogP contribution in [-0.4, -0.2) is 9.97 Å². The van der Waals surface area contributed by atoms with Crippen LogP contribution in [0.15, 0.2) is 75.9 Å². The summed E-state index contributed by atoms with van der Waals surface area (Å²) in [5, 5.41) is 9.99. The van der Waals surface area contributed by atoms with E-state index in [-0.39, 0.29) is 17.0 Å². The molecule has 124 valence electrons. The van der Waals surface area contributed by atoms with Gasteiger partial charge in [-0.1, -0.05) is 42.5 Å². The lowest BCUT2D eigenvalue weighted by Crippen LogP contribution is -2.11. The van der Waals surface area contributed by atoms with Gasteiger partial charge in [0, 0.05) is 11.6 Å².